The number of aryl methyl sites for hydroxylation is 1. The molecular formula is C18H22F3N5O3S. The Balaban J connectivity index is 1.70. The normalized spacial score (nSPS) is 15.9. The summed E-state index contributed by atoms with van der Waals surface area (Å²) in [4.78, 5) is 12.6. The van der Waals surface area contributed by atoms with Gasteiger partial charge in [-0.1, -0.05) is 0 Å². The molecule has 1 aliphatic heterocycles. The van der Waals surface area contributed by atoms with Crippen molar-refractivity contribution in [2.24, 2.45) is 0 Å². The predicted octanol–water partition coefficient (Wildman–Crippen LogP) is 2.26. The lowest BCUT2D eigenvalue weighted by atomic mass is 10.3. The molecule has 3 rings (SSSR count). The van der Waals surface area contributed by atoms with Crippen LogP contribution in [0.4, 0.5) is 24.8 Å². The van der Waals surface area contributed by atoms with E-state index in [9.17, 15) is 21.6 Å². The SMILES string of the molecule is Cc1nc(N(C)C)cc(N2CCN(S(=O)(=O)c3ccc(OC(F)(F)F)cc3)CC2)n1. The minimum Gasteiger partial charge on any atom is -0.406 e. The van der Waals surface area contributed by atoms with Crippen LogP contribution in [0.2, 0.25) is 0 Å². The Labute approximate surface area is 172 Å². The number of ether oxygens (including phenoxy) is 1. The summed E-state index contributed by atoms with van der Waals surface area (Å²) in [6, 6.07) is 6.04. The first-order valence-corrected chi connectivity index (χ1v) is 10.5. The maximum atomic E-state index is 12.8. The fourth-order valence-electron chi connectivity index (χ4n) is 3.05. The quantitative estimate of drug-likeness (QED) is 0.699. The van der Waals surface area contributed by atoms with Gasteiger partial charge in [-0.25, -0.2) is 18.4 Å². The van der Waals surface area contributed by atoms with E-state index in [1.54, 1.807) is 6.92 Å². The number of anilines is 2. The highest BCUT2D eigenvalue weighted by atomic mass is 32.2. The van der Waals surface area contributed by atoms with Crippen molar-refractivity contribution >= 4 is 21.7 Å². The molecule has 0 amide bonds. The molecule has 0 unspecified atom stereocenters. The molecule has 0 saturated carbocycles. The molecule has 1 fully saturated rings. The molecule has 1 aliphatic rings. The lowest BCUT2D eigenvalue weighted by molar-refractivity contribution is -0.274. The van der Waals surface area contributed by atoms with E-state index < -0.39 is 22.1 Å². The standard InChI is InChI=1S/C18H22F3N5O3S/c1-13-22-16(24(2)3)12-17(23-13)25-8-10-26(11-9-25)30(27,28)15-6-4-14(5-7-15)29-18(19,20)21/h4-7,12H,8-11H2,1-3H3. The van der Waals surface area contributed by atoms with Gasteiger partial charge < -0.3 is 14.5 Å². The Bertz CT molecular complexity index is 989. The van der Waals surface area contributed by atoms with Crippen molar-refractivity contribution < 1.29 is 26.3 Å². The molecule has 2 heterocycles. The number of alkyl halides is 3. The molecule has 0 N–H and O–H groups in total. The van der Waals surface area contributed by atoms with Gasteiger partial charge in [0.25, 0.3) is 0 Å². The van der Waals surface area contributed by atoms with Crippen molar-refractivity contribution in [3.63, 3.8) is 0 Å². The van der Waals surface area contributed by atoms with Gasteiger partial charge in [0.15, 0.2) is 0 Å². The van der Waals surface area contributed by atoms with Crippen molar-refractivity contribution in [1.29, 1.82) is 0 Å². The van der Waals surface area contributed by atoms with E-state index in [4.69, 9.17) is 0 Å². The highest BCUT2D eigenvalue weighted by molar-refractivity contribution is 7.89. The number of sulfonamides is 1. The first-order chi connectivity index (χ1) is 14.0. The summed E-state index contributed by atoms with van der Waals surface area (Å²) in [5.41, 5.74) is 0. The number of nitrogens with zero attached hydrogens (tertiary/aromatic N) is 5. The lowest BCUT2D eigenvalue weighted by Gasteiger charge is -2.35. The van der Waals surface area contributed by atoms with Gasteiger partial charge in [-0.15, -0.1) is 13.2 Å². The van der Waals surface area contributed by atoms with E-state index >= 15 is 0 Å². The Morgan fingerprint density at radius 3 is 2.17 bits per heavy atom. The van der Waals surface area contributed by atoms with Crippen LogP contribution < -0.4 is 14.5 Å². The number of halogens is 3. The Morgan fingerprint density at radius 1 is 1.03 bits per heavy atom. The summed E-state index contributed by atoms with van der Waals surface area (Å²) >= 11 is 0. The van der Waals surface area contributed by atoms with E-state index in [2.05, 4.69) is 14.7 Å². The highest BCUT2D eigenvalue weighted by Gasteiger charge is 2.32. The highest BCUT2D eigenvalue weighted by Crippen LogP contribution is 2.26. The maximum absolute atomic E-state index is 12.8. The number of hydrogen-bond donors (Lipinski definition) is 0. The third-order valence-electron chi connectivity index (χ3n) is 4.53. The Hall–Kier alpha value is -2.60. The Kier molecular flexibility index (Phi) is 6.09. The predicted molar refractivity (Wildman–Crippen MR) is 105 cm³/mol. The summed E-state index contributed by atoms with van der Waals surface area (Å²) in [6.07, 6.45) is -4.83. The number of aromatic nitrogens is 2. The fraction of sp³-hybridized carbons (Fsp3) is 0.444. The molecule has 1 aromatic carbocycles. The van der Waals surface area contributed by atoms with Crippen LogP contribution in [-0.4, -0.2) is 69.3 Å². The number of rotatable bonds is 5. The third kappa shape index (κ3) is 5.11. The summed E-state index contributed by atoms with van der Waals surface area (Å²) in [7, 11) is -0.0768. The summed E-state index contributed by atoms with van der Waals surface area (Å²) in [6.45, 7) is 3.10. The summed E-state index contributed by atoms with van der Waals surface area (Å²) in [5, 5.41) is 0. The molecule has 1 aromatic heterocycles. The average Bonchev–Trinajstić information content (AvgIpc) is 2.67. The van der Waals surface area contributed by atoms with Gasteiger partial charge >= 0.3 is 6.36 Å². The van der Waals surface area contributed by atoms with Crippen molar-refractivity contribution in [2.75, 3.05) is 50.1 Å². The van der Waals surface area contributed by atoms with Crippen LogP contribution in [0.25, 0.3) is 0 Å². The molecule has 164 valence electrons. The van der Waals surface area contributed by atoms with E-state index in [-0.39, 0.29) is 18.0 Å². The molecule has 0 aliphatic carbocycles. The summed E-state index contributed by atoms with van der Waals surface area (Å²) in [5.74, 6) is 1.63. The second kappa shape index (κ2) is 8.26. The molecule has 0 spiro atoms. The molecule has 0 atom stereocenters. The van der Waals surface area contributed by atoms with Crippen molar-refractivity contribution in [3.05, 3.63) is 36.2 Å². The van der Waals surface area contributed by atoms with Gasteiger partial charge in [-0.3, -0.25) is 0 Å². The van der Waals surface area contributed by atoms with Gasteiger partial charge in [0, 0.05) is 46.3 Å². The first kappa shape index (κ1) is 22.1. The average molecular weight is 445 g/mol. The van der Waals surface area contributed by atoms with E-state index in [0.29, 0.717) is 18.9 Å². The second-order valence-electron chi connectivity index (χ2n) is 6.94. The zero-order valence-electron chi connectivity index (χ0n) is 16.7. The van der Waals surface area contributed by atoms with Crippen LogP contribution in [0.15, 0.2) is 35.2 Å². The number of hydrogen-bond acceptors (Lipinski definition) is 7. The van der Waals surface area contributed by atoms with Crippen LogP contribution in [-0.2, 0) is 10.0 Å². The van der Waals surface area contributed by atoms with Crippen molar-refractivity contribution in [3.8, 4) is 5.75 Å². The van der Waals surface area contributed by atoms with Crippen LogP contribution in [0.3, 0.4) is 0 Å². The van der Waals surface area contributed by atoms with E-state index in [0.717, 1.165) is 35.9 Å². The van der Waals surface area contributed by atoms with Crippen LogP contribution in [0, 0.1) is 6.92 Å². The van der Waals surface area contributed by atoms with Crippen molar-refractivity contribution in [2.45, 2.75) is 18.2 Å². The minimum atomic E-state index is -4.83. The Morgan fingerprint density at radius 2 is 1.63 bits per heavy atom. The number of benzene rings is 1. The molecule has 0 radical (unpaired) electrons. The van der Waals surface area contributed by atoms with E-state index in [1.165, 1.54) is 4.31 Å². The molecule has 1 saturated heterocycles. The largest absolute Gasteiger partial charge is 0.573 e. The molecule has 12 heteroatoms. The zero-order valence-corrected chi connectivity index (χ0v) is 17.5. The molecule has 30 heavy (non-hydrogen) atoms. The molecular weight excluding hydrogens is 423 g/mol. The first-order valence-electron chi connectivity index (χ1n) is 9.09. The maximum Gasteiger partial charge on any atom is 0.573 e. The molecule has 2 aromatic rings. The van der Waals surface area contributed by atoms with Gasteiger partial charge in [0.1, 0.15) is 23.2 Å². The van der Waals surface area contributed by atoms with Crippen LogP contribution in [0.1, 0.15) is 5.82 Å². The van der Waals surface area contributed by atoms with Gasteiger partial charge in [-0.2, -0.15) is 4.31 Å². The number of piperazine rings is 1. The fourth-order valence-corrected chi connectivity index (χ4v) is 4.47. The minimum absolute atomic E-state index is 0.0850. The topological polar surface area (TPSA) is 78.9 Å². The van der Waals surface area contributed by atoms with Gasteiger partial charge in [0.2, 0.25) is 10.0 Å². The summed E-state index contributed by atoms with van der Waals surface area (Å²) < 4.78 is 67.6. The van der Waals surface area contributed by atoms with E-state index in [1.807, 2.05) is 30.0 Å². The van der Waals surface area contributed by atoms with Crippen LogP contribution in [0.5, 0.6) is 5.75 Å². The van der Waals surface area contributed by atoms with Gasteiger partial charge in [-0.05, 0) is 31.2 Å². The van der Waals surface area contributed by atoms with Crippen molar-refractivity contribution in [1.82, 2.24) is 14.3 Å². The molecule has 0 bridgehead atoms. The monoisotopic (exact) mass is 445 g/mol. The molecule has 8 nitrogen and oxygen atoms in total. The van der Waals surface area contributed by atoms with Gasteiger partial charge in [0.05, 0.1) is 4.90 Å². The second-order valence-corrected chi connectivity index (χ2v) is 8.87. The zero-order chi connectivity index (χ0) is 22.1. The third-order valence-corrected chi connectivity index (χ3v) is 6.44. The smallest absolute Gasteiger partial charge is 0.406 e. The van der Waals surface area contributed by atoms with Crippen LogP contribution >= 0.6 is 0 Å². The lowest BCUT2D eigenvalue weighted by Crippen LogP contribution is -2.49.